The van der Waals surface area contributed by atoms with E-state index in [1.807, 2.05) is 20.8 Å². The Morgan fingerprint density at radius 2 is 1.56 bits per heavy atom. The number of hydrogen-bond acceptors (Lipinski definition) is 5. The van der Waals surface area contributed by atoms with Crippen molar-refractivity contribution in [2.75, 3.05) is 32.2 Å². The van der Waals surface area contributed by atoms with Crippen molar-refractivity contribution in [3.63, 3.8) is 0 Å². The molecular formula is C12H28O4SSi. The average Bonchev–Trinajstić information content (AvgIpc) is 2.35. The lowest BCUT2D eigenvalue weighted by molar-refractivity contribution is -0.380. The minimum Gasteiger partial charge on any atom is -0.424 e. The van der Waals surface area contributed by atoms with E-state index < -0.39 is 15.7 Å². The van der Waals surface area contributed by atoms with Gasteiger partial charge in [0.1, 0.15) is 0 Å². The molecule has 0 heterocycles. The monoisotopic (exact) mass is 296 g/mol. The van der Waals surface area contributed by atoms with Crippen molar-refractivity contribution in [2.45, 2.75) is 45.6 Å². The Morgan fingerprint density at radius 1 is 1.00 bits per heavy atom. The summed E-state index contributed by atoms with van der Waals surface area (Å²) in [5.41, 5.74) is 0. The Labute approximate surface area is 119 Å². The topological polar surface area (TPSA) is 36.9 Å². The van der Waals surface area contributed by atoms with E-state index in [4.69, 9.17) is 18.6 Å². The van der Waals surface area contributed by atoms with E-state index in [1.165, 1.54) is 6.04 Å². The third-order valence-corrected chi connectivity index (χ3v) is 4.02. The molecule has 0 unspecified atom stereocenters. The molecule has 0 spiro atoms. The van der Waals surface area contributed by atoms with Gasteiger partial charge in [-0.05, 0) is 39.0 Å². The van der Waals surface area contributed by atoms with Crippen molar-refractivity contribution < 1.29 is 18.6 Å². The van der Waals surface area contributed by atoms with Crippen LogP contribution in [0.4, 0.5) is 0 Å². The van der Waals surface area contributed by atoms with Crippen LogP contribution in [0.15, 0.2) is 0 Å². The van der Waals surface area contributed by atoms with Gasteiger partial charge in [-0.15, -0.1) is 0 Å². The van der Waals surface area contributed by atoms with E-state index in [0.717, 1.165) is 12.2 Å². The molecule has 4 nitrogen and oxygen atoms in total. The van der Waals surface area contributed by atoms with Gasteiger partial charge in [-0.2, -0.15) is 12.6 Å². The van der Waals surface area contributed by atoms with Crippen molar-refractivity contribution in [2.24, 2.45) is 0 Å². The Balaban J connectivity index is 3.97. The summed E-state index contributed by atoms with van der Waals surface area (Å²) in [6.45, 7) is 8.16. The molecule has 0 bridgehead atoms. The van der Waals surface area contributed by atoms with Gasteiger partial charge in [0.2, 0.25) is 0 Å². The zero-order chi connectivity index (χ0) is 13.7. The van der Waals surface area contributed by atoms with Crippen LogP contribution >= 0.6 is 12.6 Å². The second kappa shape index (κ2) is 12.4. The van der Waals surface area contributed by atoms with Crippen LogP contribution in [0.5, 0.6) is 0 Å². The van der Waals surface area contributed by atoms with Crippen molar-refractivity contribution in [3.8, 4) is 0 Å². The normalized spacial score (nSPS) is 12.7. The van der Waals surface area contributed by atoms with Crippen molar-refractivity contribution in [1.29, 1.82) is 0 Å². The second-order valence-electron chi connectivity index (χ2n) is 3.78. The van der Waals surface area contributed by atoms with Crippen LogP contribution in [-0.2, 0) is 18.6 Å². The largest absolute Gasteiger partial charge is 0.424 e. The van der Waals surface area contributed by atoms with Gasteiger partial charge in [-0.25, -0.2) is 0 Å². The Hall–Kier alpha value is 0.407. The van der Waals surface area contributed by atoms with E-state index in [0.29, 0.717) is 32.8 Å². The molecule has 0 radical (unpaired) electrons. The summed E-state index contributed by atoms with van der Waals surface area (Å²) in [7, 11) is -0.426. The average molecular weight is 297 g/mol. The van der Waals surface area contributed by atoms with Gasteiger partial charge < -0.3 is 18.6 Å². The fourth-order valence-electron chi connectivity index (χ4n) is 1.62. The van der Waals surface area contributed by atoms with Crippen LogP contribution in [0.1, 0.15) is 33.6 Å². The van der Waals surface area contributed by atoms with E-state index in [-0.39, 0.29) is 0 Å². The molecule has 18 heavy (non-hydrogen) atoms. The molecule has 0 rings (SSSR count). The summed E-state index contributed by atoms with van der Waals surface area (Å²) >= 11 is 4.18. The first-order valence-electron chi connectivity index (χ1n) is 6.85. The molecular weight excluding hydrogens is 268 g/mol. The molecule has 0 aliphatic heterocycles. The minimum absolute atomic E-state index is 0.426. The highest BCUT2D eigenvalue weighted by molar-refractivity contribution is 7.80. The van der Waals surface area contributed by atoms with Gasteiger partial charge in [0.15, 0.2) is 9.76 Å². The van der Waals surface area contributed by atoms with Crippen LogP contribution in [0.2, 0.25) is 6.04 Å². The van der Waals surface area contributed by atoms with Gasteiger partial charge >= 0.3 is 0 Å². The Bertz CT molecular complexity index is 166. The summed E-state index contributed by atoms with van der Waals surface area (Å²) in [5.74, 6) is 0.0212. The molecule has 110 valence electrons. The molecule has 0 saturated carbocycles. The molecule has 0 aliphatic carbocycles. The number of ether oxygens (including phenoxy) is 3. The first-order valence-corrected chi connectivity index (χ1v) is 9.06. The van der Waals surface area contributed by atoms with Gasteiger partial charge in [0.25, 0.3) is 5.97 Å². The summed E-state index contributed by atoms with van der Waals surface area (Å²) < 4.78 is 22.5. The summed E-state index contributed by atoms with van der Waals surface area (Å²) in [5, 5.41) is 0. The van der Waals surface area contributed by atoms with Crippen LogP contribution in [-0.4, -0.2) is 47.9 Å². The van der Waals surface area contributed by atoms with Crippen LogP contribution in [0.25, 0.3) is 0 Å². The van der Waals surface area contributed by atoms with E-state index >= 15 is 0 Å². The first-order chi connectivity index (χ1) is 8.74. The van der Waals surface area contributed by atoms with E-state index in [1.54, 1.807) is 0 Å². The fourth-order valence-corrected chi connectivity index (χ4v) is 3.27. The molecule has 0 aliphatic rings. The third-order valence-electron chi connectivity index (χ3n) is 2.34. The second-order valence-corrected chi connectivity index (χ2v) is 5.75. The molecule has 0 amide bonds. The highest BCUT2D eigenvalue weighted by Crippen LogP contribution is 2.20. The zero-order valence-electron chi connectivity index (χ0n) is 11.9. The van der Waals surface area contributed by atoms with Crippen LogP contribution in [0.3, 0.4) is 0 Å². The number of thiol groups is 1. The molecule has 0 aromatic carbocycles. The highest BCUT2D eigenvalue weighted by atomic mass is 32.1. The van der Waals surface area contributed by atoms with Crippen molar-refractivity contribution in [1.82, 2.24) is 0 Å². The maximum absolute atomic E-state index is 5.70. The fraction of sp³-hybridized carbons (Fsp3) is 1.00. The molecule has 0 atom stereocenters. The predicted octanol–water partition coefficient (Wildman–Crippen LogP) is 1.98. The summed E-state index contributed by atoms with van der Waals surface area (Å²) in [4.78, 5) is 0. The summed E-state index contributed by atoms with van der Waals surface area (Å²) in [6.07, 6.45) is 1.76. The maximum atomic E-state index is 5.70. The van der Waals surface area contributed by atoms with Crippen LogP contribution < -0.4 is 0 Å². The molecule has 0 aromatic rings. The van der Waals surface area contributed by atoms with Gasteiger partial charge in [0.05, 0.1) is 6.42 Å². The molecule has 0 N–H and O–H groups in total. The third kappa shape index (κ3) is 8.50. The van der Waals surface area contributed by atoms with Gasteiger partial charge in [-0.1, -0.05) is 0 Å². The molecule has 0 fully saturated rings. The minimum atomic E-state index is -0.920. The molecule has 0 saturated heterocycles. The van der Waals surface area contributed by atoms with E-state index in [2.05, 4.69) is 12.6 Å². The first kappa shape index (κ1) is 18.4. The standard InChI is InChI=1S/C12H28O4SSi/c1-4-13-12(14-5-2,15-6-3)8-9-16-18-11-7-10-17/h17H,4-11,18H2,1-3H3. The number of hydrogen-bond donors (Lipinski definition) is 1. The lowest BCUT2D eigenvalue weighted by Gasteiger charge is -2.32. The Morgan fingerprint density at radius 3 is 2.00 bits per heavy atom. The van der Waals surface area contributed by atoms with E-state index in [9.17, 15) is 0 Å². The van der Waals surface area contributed by atoms with Crippen LogP contribution in [0, 0.1) is 0 Å². The lowest BCUT2D eigenvalue weighted by atomic mass is 10.4. The maximum Gasteiger partial charge on any atom is 0.285 e. The SMILES string of the molecule is CCOC(CCO[SiH2]CCCS)(OCC)OCC. The molecule has 6 heteroatoms. The highest BCUT2D eigenvalue weighted by Gasteiger charge is 2.31. The van der Waals surface area contributed by atoms with Gasteiger partial charge in [0, 0.05) is 26.4 Å². The smallest absolute Gasteiger partial charge is 0.285 e. The number of rotatable bonds is 13. The summed E-state index contributed by atoms with van der Waals surface area (Å²) in [6, 6.07) is 1.18. The van der Waals surface area contributed by atoms with Crippen molar-refractivity contribution >= 4 is 22.4 Å². The zero-order valence-corrected chi connectivity index (χ0v) is 14.3. The molecule has 0 aromatic heterocycles. The predicted molar refractivity (Wildman–Crippen MR) is 80.0 cm³/mol. The van der Waals surface area contributed by atoms with Crippen molar-refractivity contribution in [3.05, 3.63) is 0 Å². The quantitative estimate of drug-likeness (QED) is 0.244. The van der Waals surface area contributed by atoms with Gasteiger partial charge in [-0.3, -0.25) is 0 Å². The Kier molecular flexibility index (Phi) is 12.7. The lowest BCUT2D eigenvalue weighted by Crippen LogP contribution is -2.40.